The smallest absolute Gasteiger partial charge is 0.177 e. The molecule has 0 fully saturated rings. The van der Waals surface area contributed by atoms with Crippen molar-refractivity contribution in [2.24, 2.45) is 0 Å². The molecule has 1 unspecified atom stereocenters. The third-order valence-electron chi connectivity index (χ3n) is 0.737. The van der Waals surface area contributed by atoms with Gasteiger partial charge in [-0.2, -0.15) is 0 Å². The Morgan fingerprint density at radius 1 is 1.62 bits per heavy atom. The van der Waals surface area contributed by atoms with Gasteiger partial charge >= 0.3 is 0 Å². The normalized spacial score (nSPS) is 13.9. The first kappa shape index (κ1) is 7.88. The molecule has 8 heavy (non-hydrogen) atoms. The number of hydrogen-bond acceptors (Lipinski definition) is 3. The number of methoxy groups -OCH3 is 1. The Labute approximate surface area is 49.2 Å². The lowest BCUT2D eigenvalue weighted by molar-refractivity contribution is -0.117. The van der Waals surface area contributed by atoms with E-state index in [2.05, 4.69) is 4.74 Å². The first-order valence-corrected chi connectivity index (χ1v) is 2.59. The number of aliphatic hydroxyl groups excluding tert-OH is 1. The molecule has 0 aromatic rings. The SMILES string of the molecule is CCOCC(O)OC. The van der Waals surface area contributed by atoms with Crippen LogP contribution in [0.25, 0.3) is 0 Å². The van der Waals surface area contributed by atoms with Gasteiger partial charge in [-0.05, 0) is 6.92 Å². The van der Waals surface area contributed by atoms with Crippen LogP contribution in [0.2, 0.25) is 0 Å². The van der Waals surface area contributed by atoms with E-state index in [1.807, 2.05) is 6.92 Å². The van der Waals surface area contributed by atoms with E-state index in [1.165, 1.54) is 7.11 Å². The van der Waals surface area contributed by atoms with Crippen LogP contribution >= 0.6 is 0 Å². The van der Waals surface area contributed by atoms with E-state index >= 15 is 0 Å². The van der Waals surface area contributed by atoms with Crippen molar-refractivity contribution in [2.45, 2.75) is 13.2 Å². The lowest BCUT2D eigenvalue weighted by Crippen LogP contribution is -2.16. The van der Waals surface area contributed by atoms with Gasteiger partial charge in [-0.3, -0.25) is 0 Å². The molecule has 0 aliphatic rings. The maximum absolute atomic E-state index is 8.64. The van der Waals surface area contributed by atoms with Crippen LogP contribution in [-0.2, 0) is 9.47 Å². The molecule has 0 spiro atoms. The van der Waals surface area contributed by atoms with E-state index in [9.17, 15) is 0 Å². The van der Waals surface area contributed by atoms with E-state index in [0.29, 0.717) is 6.61 Å². The maximum Gasteiger partial charge on any atom is 0.177 e. The Morgan fingerprint density at radius 3 is 2.62 bits per heavy atom. The second-order valence-corrected chi connectivity index (χ2v) is 1.35. The predicted molar refractivity (Wildman–Crippen MR) is 29.5 cm³/mol. The van der Waals surface area contributed by atoms with Gasteiger partial charge in [0.1, 0.15) is 0 Å². The standard InChI is InChI=1S/C5H12O3/c1-3-8-4-5(6)7-2/h5-6H,3-4H2,1-2H3. The van der Waals surface area contributed by atoms with Crippen molar-refractivity contribution >= 4 is 0 Å². The Hall–Kier alpha value is -0.120. The average Bonchev–Trinajstić information content (AvgIpc) is 1.83. The highest BCUT2D eigenvalue weighted by Gasteiger charge is 1.97. The summed E-state index contributed by atoms with van der Waals surface area (Å²) in [5, 5.41) is 8.64. The molecule has 50 valence electrons. The molecule has 0 aromatic heterocycles. The van der Waals surface area contributed by atoms with Gasteiger partial charge in [0.15, 0.2) is 6.29 Å². The summed E-state index contributed by atoms with van der Waals surface area (Å²) in [4.78, 5) is 0. The van der Waals surface area contributed by atoms with E-state index in [1.54, 1.807) is 0 Å². The van der Waals surface area contributed by atoms with Gasteiger partial charge in [0.25, 0.3) is 0 Å². The van der Waals surface area contributed by atoms with E-state index < -0.39 is 6.29 Å². The minimum atomic E-state index is -0.769. The Bertz CT molecular complexity index is 46.9. The highest BCUT2D eigenvalue weighted by atomic mass is 16.6. The molecular formula is C5H12O3. The quantitative estimate of drug-likeness (QED) is 0.530. The zero-order valence-electron chi connectivity index (χ0n) is 5.26. The van der Waals surface area contributed by atoms with Crippen LogP contribution in [0.1, 0.15) is 6.92 Å². The molecule has 1 N–H and O–H groups in total. The van der Waals surface area contributed by atoms with Crippen molar-refractivity contribution < 1.29 is 14.6 Å². The third kappa shape index (κ3) is 4.05. The monoisotopic (exact) mass is 120 g/mol. The largest absolute Gasteiger partial charge is 0.376 e. The minimum Gasteiger partial charge on any atom is -0.376 e. The van der Waals surface area contributed by atoms with Crippen molar-refractivity contribution in [1.82, 2.24) is 0 Å². The van der Waals surface area contributed by atoms with Crippen LogP contribution in [0.4, 0.5) is 0 Å². The minimum absolute atomic E-state index is 0.257. The highest BCUT2D eigenvalue weighted by Crippen LogP contribution is 1.83. The zero-order chi connectivity index (χ0) is 6.41. The van der Waals surface area contributed by atoms with Crippen molar-refractivity contribution in [3.05, 3.63) is 0 Å². The number of ether oxygens (including phenoxy) is 2. The molecule has 1 atom stereocenters. The summed E-state index contributed by atoms with van der Waals surface area (Å²) in [6.07, 6.45) is -0.769. The van der Waals surface area contributed by atoms with E-state index in [4.69, 9.17) is 9.84 Å². The Morgan fingerprint density at radius 2 is 2.25 bits per heavy atom. The van der Waals surface area contributed by atoms with Gasteiger partial charge in [-0.1, -0.05) is 0 Å². The number of rotatable bonds is 4. The van der Waals surface area contributed by atoms with Crippen molar-refractivity contribution in [3.63, 3.8) is 0 Å². The lowest BCUT2D eigenvalue weighted by atomic mass is 10.7. The Balaban J connectivity index is 2.86. The molecule has 0 heterocycles. The van der Waals surface area contributed by atoms with Crippen molar-refractivity contribution in [1.29, 1.82) is 0 Å². The molecule has 3 nitrogen and oxygen atoms in total. The Kier molecular flexibility index (Phi) is 4.95. The molecule has 0 aliphatic carbocycles. The molecule has 0 rings (SSSR count). The predicted octanol–water partition coefficient (Wildman–Crippen LogP) is -0.0123. The number of hydrogen-bond donors (Lipinski definition) is 1. The van der Waals surface area contributed by atoms with Crippen LogP contribution < -0.4 is 0 Å². The number of aliphatic hydroxyl groups is 1. The second-order valence-electron chi connectivity index (χ2n) is 1.35. The van der Waals surface area contributed by atoms with Gasteiger partial charge in [0.2, 0.25) is 0 Å². The molecular weight excluding hydrogens is 108 g/mol. The van der Waals surface area contributed by atoms with Crippen LogP contribution in [0.3, 0.4) is 0 Å². The molecule has 3 heteroatoms. The van der Waals surface area contributed by atoms with Crippen LogP contribution in [-0.4, -0.2) is 31.7 Å². The molecule has 0 saturated heterocycles. The van der Waals surface area contributed by atoms with Crippen LogP contribution in [0.15, 0.2) is 0 Å². The summed E-state index contributed by atoms with van der Waals surface area (Å²) in [6.45, 7) is 2.73. The summed E-state index contributed by atoms with van der Waals surface area (Å²) in [6, 6.07) is 0. The fraction of sp³-hybridized carbons (Fsp3) is 1.00. The van der Waals surface area contributed by atoms with Gasteiger partial charge in [0, 0.05) is 13.7 Å². The van der Waals surface area contributed by atoms with Gasteiger partial charge in [-0.15, -0.1) is 0 Å². The molecule has 0 aliphatic heterocycles. The van der Waals surface area contributed by atoms with Gasteiger partial charge < -0.3 is 14.6 Å². The molecule has 0 amide bonds. The summed E-state index contributed by atoms with van der Waals surface area (Å²) >= 11 is 0. The molecule has 0 radical (unpaired) electrons. The molecule has 0 bridgehead atoms. The van der Waals surface area contributed by atoms with E-state index in [0.717, 1.165) is 0 Å². The second kappa shape index (κ2) is 5.03. The van der Waals surface area contributed by atoms with Crippen molar-refractivity contribution in [3.8, 4) is 0 Å². The van der Waals surface area contributed by atoms with E-state index in [-0.39, 0.29) is 6.61 Å². The zero-order valence-corrected chi connectivity index (χ0v) is 5.26. The fourth-order valence-electron chi connectivity index (χ4n) is 0.287. The van der Waals surface area contributed by atoms with Crippen LogP contribution in [0, 0.1) is 0 Å². The third-order valence-corrected chi connectivity index (χ3v) is 0.737. The average molecular weight is 120 g/mol. The first-order valence-electron chi connectivity index (χ1n) is 2.59. The maximum atomic E-state index is 8.64. The molecule has 0 saturated carbocycles. The van der Waals surface area contributed by atoms with Gasteiger partial charge in [-0.25, -0.2) is 0 Å². The lowest BCUT2D eigenvalue weighted by Gasteiger charge is -2.06. The molecule has 0 aromatic carbocycles. The van der Waals surface area contributed by atoms with Crippen molar-refractivity contribution in [2.75, 3.05) is 20.3 Å². The van der Waals surface area contributed by atoms with Gasteiger partial charge in [0.05, 0.1) is 6.61 Å². The topological polar surface area (TPSA) is 38.7 Å². The fourth-order valence-corrected chi connectivity index (χ4v) is 0.287. The summed E-state index contributed by atoms with van der Waals surface area (Å²) in [7, 11) is 1.43. The first-order chi connectivity index (χ1) is 3.81. The summed E-state index contributed by atoms with van der Waals surface area (Å²) in [5.74, 6) is 0. The summed E-state index contributed by atoms with van der Waals surface area (Å²) < 4.78 is 9.29. The summed E-state index contributed by atoms with van der Waals surface area (Å²) in [5.41, 5.74) is 0. The van der Waals surface area contributed by atoms with Crippen LogP contribution in [0.5, 0.6) is 0 Å². The highest BCUT2D eigenvalue weighted by molar-refractivity contribution is 4.31.